The average molecular weight is 350 g/mol. The van der Waals surface area contributed by atoms with E-state index in [-0.39, 0.29) is 11.3 Å². The van der Waals surface area contributed by atoms with E-state index >= 15 is 0 Å². The molecule has 1 aromatic heterocycles. The van der Waals surface area contributed by atoms with Gasteiger partial charge in [-0.25, -0.2) is 0 Å². The van der Waals surface area contributed by atoms with Gasteiger partial charge in [0.15, 0.2) is 0 Å². The van der Waals surface area contributed by atoms with Crippen LogP contribution in [0.25, 0.3) is 0 Å². The SMILES string of the molecule is CCCCCCCCCCCCCCCC(C)c1c[nH]c(=O)cc1O. The van der Waals surface area contributed by atoms with E-state index in [1.54, 1.807) is 6.20 Å². The summed E-state index contributed by atoms with van der Waals surface area (Å²) in [5.41, 5.74) is 0.618. The Morgan fingerprint density at radius 2 is 1.36 bits per heavy atom. The smallest absolute Gasteiger partial charge is 0.251 e. The molecule has 144 valence electrons. The van der Waals surface area contributed by atoms with Crippen molar-refractivity contribution < 1.29 is 5.11 Å². The number of hydrogen-bond donors (Lipinski definition) is 2. The highest BCUT2D eigenvalue weighted by atomic mass is 16.3. The van der Waals surface area contributed by atoms with Gasteiger partial charge in [0.25, 0.3) is 5.56 Å². The van der Waals surface area contributed by atoms with Gasteiger partial charge in [0.1, 0.15) is 5.75 Å². The first-order valence-corrected chi connectivity index (χ1v) is 10.6. The number of aromatic hydroxyl groups is 1. The van der Waals surface area contributed by atoms with Crippen LogP contribution in [0.2, 0.25) is 0 Å². The predicted octanol–water partition coefficient (Wildman–Crippen LogP) is 6.67. The summed E-state index contributed by atoms with van der Waals surface area (Å²) in [6.45, 7) is 4.39. The van der Waals surface area contributed by atoms with Crippen LogP contribution < -0.4 is 5.56 Å². The molecule has 1 unspecified atom stereocenters. The molecule has 25 heavy (non-hydrogen) atoms. The minimum absolute atomic E-state index is 0.131. The molecule has 0 radical (unpaired) electrons. The molecular weight excluding hydrogens is 310 g/mol. The van der Waals surface area contributed by atoms with Crippen molar-refractivity contribution in [3.05, 3.63) is 28.2 Å². The van der Waals surface area contributed by atoms with Gasteiger partial charge in [-0.15, -0.1) is 0 Å². The van der Waals surface area contributed by atoms with E-state index < -0.39 is 0 Å². The second-order valence-electron chi connectivity index (χ2n) is 7.57. The monoisotopic (exact) mass is 349 g/mol. The second-order valence-corrected chi connectivity index (χ2v) is 7.57. The Labute approximate surface area is 154 Å². The van der Waals surface area contributed by atoms with Gasteiger partial charge in [0, 0.05) is 17.8 Å². The first-order chi connectivity index (χ1) is 12.1. The number of hydrogen-bond acceptors (Lipinski definition) is 2. The summed E-state index contributed by atoms with van der Waals surface area (Å²) in [6.07, 6.45) is 20.5. The Morgan fingerprint density at radius 1 is 0.880 bits per heavy atom. The topological polar surface area (TPSA) is 53.1 Å². The highest BCUT2D eigenvalue weighted by Crippen LogP contribution is 2.27. The number of aromatic nitrogens is 1. The first-order valence-electron chi connectivity index (χ1n) is 10.6. The third-order valence-electron chi connectivity index (χ3n) is 5.21. The second kappa shape index (κ2) is 14.0. The standard InChI is InChI=1S/C22H39NO2/c1-3-4-5-6-7-8-9-10-11-12-13-14-15-16-19(2)20-18-23-22(25)17-21(20)24/h17-19H,3-16H2,1-2H3,(H2,23,24,25). The van der Waals surface area contributed by atoms with Crippen LogP contribution in [0, 0.1) is 0 Å². The molecule has 0 aliphatic heterocycles. The number of nitrogens with one attached hydrogen (secondary N) is 1. The maximum absolute atomic E-state index is 11.1. The van der Waals surface area contributed by atoms with Gasteiger partial charge in [0.2, 0.25) is 0 Å². The molecule has 0 aromatic carbocycles. The molecule has 0 aliphatic carbocycles. The fourth-order valence-corrected chi connectivity index (χ4v) is 3.49. The molecule has 1 aromatic rings. The van der Waals surface area contributed by atoms with Gasteiger partial charge in [-0.1, -0.05) is 97.3 Å². The minimum Gasteiger partial charge on any atom is -0.507 e. The Kier molecular flexibility index (Phi) is 12.2. The zero-order valence-corrected chi connectivity index (χ0v) is 16.5. The Morgan fingerprint density at radius 3 is 1.84 bits per heavy atom. The summed E-state index contributed by atoms with van der Waals surface area (Å²) in [5, 5.41) is 9.85. The molecule has 0 spiro atoms. The van der Waals surface area contributed by atoms with Crippen molar-refractivity contribution in [2.24, 2.45) is 0 Å². The van der Waals surface area contributed by atoms with Crippen molar-refractivity contribution >= 4 is 0 Å². The summed E-state index contributed by atoms with van der Waals surface area (Å²) in [4.78, 5) is 13.8. The van der Waals surface area contributed by atoms with Gasteiger partial charge in [0.05, 0.1) is 0 Å². The van der Waals surface area contributed by atoms with Crippen molar-refractivity contribution in [2.75, 3.05) is 0 Å². The number of unbranched alkanes of at least 4 members (excludes halogenated alkanes) is 12. The molecule has 0 bridgehead atoms. The molecule has 0 saturated heterocycles. The summed E-state index contributed by atoms with van der Waals surface area (Å²) >= 11 is 0. The van der Waals surface area contributed by atoms with E-state index in [2.05, 4.69) is 18.8 Å². The van der Waals surface area contributed by atoms with Crippen LogP contribution >= 0.6 is 0 Å². The van der Waals surface area contributed by atoms with E-state index in [0.717, 1.165) is 12.0 Å². The van der Waals surface area contributed by atoms with Gasteiger partial charge in [-0.3, -0.25) is 4.79 Å². The maximum Gasteiger partial charge on any atom is 0.251 e. The van der Waals surface area contributed by atoms with E-state index in [1.807, 2.05) is 0 Å². The quantitative estimate of drug-likeness (QED) is 0.348. The van der Waals surface area contributed by atoms with Crippen molar-refractivity contribution in [3.63, 3.8) is 0 Å². The third-order valence-corrected chi connectivity index (χ3v) is 5.21. The van der Waals surface area contributed by atoms with Crippen LogP contribution in [0.1, 0.15) is 115 Å². The summed E-state index contributed by atoms with van der Waals surface area (Å²) in [7, 11) is 0. The molecule has 3 heteroatoms. The lowest BCUT2D eigenvalue weighted by Crippen LogP contribution is -2.05. The van der Waals surface area contributed by atoms with E-state index in [9.17, 15) is 9.90 Å². The molecular formula is C22H39NO2. The van der Waals surface area contributed by atoms with Crippen molar-refractivity contribution in [3.8, 4) is 5.75 Å². The fourth-order valence-electron chi connectivity index (χ4n) is 3.49. The maximum atomic E-state index is 11.1. The molecule has 1 heterocycles. The van der Waals surface area contributed by atoms with Crippen LogP contribution in [-0.2, 0) is 0 Å². The molecule has 0 fully saturated rings. The Hall–Kier alpha value is -1.25. The minimum atomic E-state index is -0.241. The summed E-state index contributed by atoms with van der Waals surface area (Å²) in [5.74, 6) is 0.426. The largest absolute Gasteiger partial charge is 0.507 e. The van der Waals surface area contributed by atoms with Crippen LogP contribution in [0.3, 0.4) is 0 Å². The molecule has 2 N–H and O–H groups in total. The predicted molar refractivity (Wildman–Crippen MR) is 107 cm³/mol. The number of aromatic amines is 1. The number of H-pyrrole nitrogens is 1. The third kappa shape index (κ3) is 10.4. The van der Waals surface area contributed by atoms with Gasteiger partial charge in [-0.05, 0) is 12.3 Å². The number of pyridine rings is 1. The normalized spacial score (nSPS) is 12.4. The Balaban J connectivity index is 1.94. The average Bonchev–Trinajstić information content (AvgIpc) is 2.58. The highest BCUT2D eigenvalue weighted by molar-refractivity contribution is 5.31. The molecule has 1 atom stereocenters. The molecule has 0 saturated carbocycles. The molecule has 3 nitrogen and oxygen atoms in total. The lowest BCUT2D eigenvalue weighted by molar-refractivity contribution is 0.455. The highest BCUT2D eigenvalue weighted by Gasteiger charge is 2.10. The number of rotatable bonds is 15. The van der Waals surface area contributed by atoms with E-state index in [1.165, 1.54) is 89.5 Å². The molecule has 0 aliphatic rings. The van der Waals surface area contributed by atoms with Crippen molar-refractivity contribution in [1.29, 1.82) is 0 Å². The fraction of sp³-hybridized carbons (Fsp3) is 0.773. The summed E-state index contributed by atoms with van der Waals surface area (Å²) in [6, 6.07) is 1.27. The zero-order valence-electron chi connectivity index (χ0n) is 16.5. The Bertz CT molecular complexity index is 495. The van der Waals surface area contributed by atoms with Crippen molar-refractivity contribution in [2.45, 2.75) is 110 Å². The summed E-state index contributed by atoms with van der Waals surface area (Å²) < 4.78 is 0. The van der Waals surface area contributed by atoms with Crippen LogP contribution in [0.4, 0.5) is 0 Å². The van der Waals surface area contributed by atoms with Crippen LogP contribution in [-0.4, -0.2) is 10.1 Å². The lowest BCUT2D eigenvalue weighted by atomic mass is 9.95. The van der Waals surface area contributed by atoms with Gasteiger partial charge < -0.3 is 10.1 Å². The zero-order chi connectivity index (χ0) is 18.3. The van der Waals surface area contributed by atoms with E-state index in [4.69, 9.17) is 0 Å². The first kappa shape index (κ1) is 21.8. The molecule has 1 rings (SSSR count). The molecule has 0 amide bonds. The van der Waals surface area contributed by atoms with Crippen molar-refractivity contribution in [1.82, 2.24) is 4.98 Å². The van der Waals surface area contributed by atoms with E-state index in [0.29, 0.717) is 5.92 Å². The lowest BCUT2D eigenvalue weighted by Gasteiger charge is -2.12. The van der Waals surface area contributed by atoms with Gasteiger partial charge in [-0.2, -0.15) is 0 Å². The van der Waals surface area contributed by atoms with Crippen LogP contribution in [0.15, 0.2) is 17.1 Å². The van der Waals surface area contributed by atoms with Crippen LogP contribution in [0.5, 0.6) is 5.75 Å². The van der Waals surface area contributed by atoms with Gasteiger partial charge >= 0.3 is 0 Å².